The van der Waals surface area contributed by atoms with Crippen LogP contribution in [0.1, 0.15) is 26.3 Å². The van der Waals surface area contributed by atoms with Crippen LogP contribution in [0.15, 0.2) is 59.5 Å². The maximum absolute atomic E-state index is 13.4. The molecule has 2 heterocycles. The Kier molecular flexibility index (Phi) is 7.74. The second-order valence-corrected chi connectivity index (χ2v) is 12.4. The van der Waals surface area contributed by atoms with Gasteiger partial charge < -0.3 is 9.47 Å². The van der Waals surface area contributed by atoms with E-state index in [9.17, 15) is 18.4 Å². The van der Waals surface area contributed by atoms with Crippen molar-refractivity contribution in [1.29, 1.82) is 0 Å². The molecule has 192 valence electrons. The first-order valence-electron chi connectivity index (χ1n) is 11.5. The lowest BCUT2D eigenvalue weighted by atomic mass is 10.0. The summed E-state index contributed by atoms with van der Waals surface area (Å²) in [7, 11) is -3.99. The standard InChI is InChI=1S/C25H29N3O6S2/c1-4-33-22-15-17(20-7-5-6-8-21(20)26-22)16-34-18-9-11-19(12-10-18)36(31,32)28-13-14-35-25(2,3)23(28)24(29)27-30/h5-12,15,23,30H,4,13-14,16H2,1-3H3,(H,27,29)/t23-/m0/s1. The first-order valence-corrected chi connectivity index (χ1v) is 13.9. The van der Waals surface area contributed by atoms with Gasteiger partial charge in [0.25, 0.3) is 5.91 Å². The van der Waals surface area contributed by atoms with E-state index in [2.05, 4.69) is 4.98 Å². The number of hydrogen-bond acceptors (Lipinski definition) is 8. The highest BCUT2D eigenvalue weighted by molar-refractivity contribution is 8.00. The molecule has 0 spiro atoms. The lowest BCUT2D eigenvalue weighted by molar-refractivity contribution is -0.134. The van der Waals surface area contributed by atoms with Gasteiger partial charge in [-0.2, -0.15) is 16.1 Å². The largest absolute Gasteiger partial charge is 0.489 e. The number of fused-ring (bicyclic) bond motifs is 1. The van der Waals surface area contributed by atoms with Crippen molar-refractivity contribution in [3.8, 4) is 11.6 Å². The van der Waals surface area contributed by atoms with Gasteiger partial charge in [0.15, 0.2) is 0 Å². The van der Waals surface area contributed by atoms with E-state index < -0.39 is 26.7 Å². The fraction of sp³-hybridized carbons (Fsp3) is 0.360. The number of pyridine rings is 1. The molecule has 1 aromatic heterocycles. The number of hydroxylamine groups is 1. The summed E-state index contributed by atoms with van der Waals surface area (Å²) in [6.45, 7) is 6.36. The summed E-state index contributed by atoms with van der Waals surface area (Å²) < 4.78 is 38.9. The zero-order valence-corrected chi connectivity index (χ0v) is 21.9. The number of sulfonamides is 1. The first kappa shape index (κ1) is 26.2. The minimum atomic E-state index is -3.99. The monoisotopic (exact) mass is 531 g/mol. The Hall–Kier alpha value is -2.86. The number of aromatic nitrogens is 1. The minimum absolute atomic E-state index is 0.0429. The Morgan fingerprint density at radius 2 is 1.92 bits per heavy atom. The number of ether oxygens (including phenoxy) is 2. The zero-order valence-electron chi connectivity index (χ0n) is 20.3. The predicted molar refractivity (Wildman–Crippen MR) is 138 cm³/mol. The van der Waals surface area contributed by atoms with Gasteiger partial charge in [0.1, 0.15) is 18.4 Å². The smallest absolute Gasteiger partial charge is 0.263 e. The topological polar surface area (TPSA) is 118 Å². The average molecular weight is 532 g/mol. The van der Waals surface area contributed by atoms with Crippen molar-refractivity contribution in [2.24, 2.45) is 0 Å². The summed E-state index contributed by atoms with van der Waals surface area (Å²) in [5.74, 6) is 0.783. The van der Waals surface area contributed by atoms with E-state index >= 15 is 0 Å². The third-order valence-electron chi connectivity index (χ3n) is 5.99. The van der Waals surface area contributed by atoms with Crippen LogP contribution in [0, 0.1) is 0 Å². The molecule has 9 nitrogen and oxygen atoms in total. The van der Waals surface area contributed by atoms with E-state index in [0.29, 0.717) is 24.0 Å². The summed E-state index contributed by atoms with van der Waals surface area (Å²) in [6, 6.07) is 14.6. The van der Waals surface area contributed by atoms with Crippen LogP contribution in [0.5, 0.6) is 11.6 Å². The number of carbonyl (C=O) groups is 1. The number of para-hydroxylation sites is 1. The Balaban J connectivity index is 1.55. The maximum Gasteiger partial charge on any atom is 0.263 e. The van der Waals surface area contributed by atoms with Crippen LogP contribution in [-0.4, -0.2) is 58.5 Å². The van der Waals surface area contributed by atoms with E-state index in [0.717, 1.165) is 20.8 Å². The molecule has 11 heteroatoms. The Morgan fingerprint density at radius 1 is 1.19 bits per heavy atom. The van der Waals surface area contributed by atoms with Crippen LogP contribution in [0.25, 0.3) is 10.9 Å². The fourth-order valence-electron chi connectivity index (χ4n) is 4.29. The second-order valence-electron chi connectivity index (χ2n) is 8.78. The van der Waals surface area contributed by atoms with Gasteiger partial charge in [0, 0.05) is 34.1 Å². The molecule has 0 bridgehead atoms. The van der Waals surface area contributed by atoms with Crippen molar-refractivity contribution in [3.05, 3.63) is 60.2 Å². The van der Waals surface area contributed by atoms with E-state index in [1.54, 1.807) is 31.5 Å². The number of rotatable bonds is 8. The molecule has 1 amide bonds. The Labute approximate surface area is 214 Å². The molecular weight excluding hydrogens is 502 g/mol. The molecule has 3 aromatic rings. The third-order valence-corrected chi connectivity index (χ3v) is 9.22. The van der Waals surface area contributed by atoms with Crippen molar-refractivity contribution in [2.45, 2.75) is 43.1 Å². The van der Waals surface area contributed by atoms with Crippen molar-refractivity contribution in [2.75, 3.05) is 18.9 Å². The number of nitrogens with one attached hydrogen (secondary N) is 1. The zero-order chi connectivity index (χ0) is 25.9. The molecule has 36 heavy (non-hydrogen) atoms. The van der Waals surface area contributed by atoms with Gasteiger partial charge >= 0.3 is 0 Å². The molecule has 2 N–H and O–H groups in total. The predicted octanol–water partition coefficient (Wildman–Crippen LogP) is 3.60. The van der Waals surface area contributed by atoms with Gasteiger partial charge in [-0.3, -0.25) is 10.0 Å². The molecule has 0 aliphatic carbocycles. The SMILES string of the molecule is CCOc1cc(COc2ccc(S(=O)(=O)N3CCSC(C)(C)[C@@H]3C(=O)NO)cc2)c2ccccc2n1. The molecule has 0 saturated carbocycles. The summed E-state index contributed by atoms with van der Waals surface area (Å²) in [4.78, 5) is 16.9. The molecular formula is C25H29N3O6S2. The highest BCUT2D eigenvalue weighted by Gasteiger charge is 2.48. The summed E-state index contributed by atoms with van der Waals surface area (Å²) in [6.07, 6.45) is 0. The number of amides is 1. The molecule has 0 radical (unpaired) electrons. The quantitative estimate of drug-likeness (QED) is 0.334. The van der Waals surface area contributed by atoms with Gasteiger partial charge in [0.05, 0.1) is 17.0 Å². The van der Waals surface area contributed by atoms with Gasteiger partial charge in [-0.05, 0) is 51.1 Å². The molecule has 1 fully saturated rings. The Morgan fingerprint density at radius 3 is 2.61 bits per heavy atom. The highest BCUT2D eigenvalue weighted by Crippen LogP contribution is 2.38. The number of carbonyl (C=O) groups excluding carboxylic acids is 1. The summed E-state index contributed by atoms with van der Waals surface area (Å²) in [5, 5.41) is 10.2. The van der Waals surface area contributed by atoms with E-state index in [1.807, 2.05) is 37.3 Å². The minimum Gasteiger partial charge on any atom is -0.489 e. The maximum atomic E-state index is 13.4. The molecule has 2 aromatic carbocycles. The lowest BCUT2D eigenvalue weighted by Crippen LogP contribution is -2.61. The molecule has 1 aliphatic heterocycles. The number of nitrogens with zero attached hydrogens (tertiary/aromatic N) is 2. The Bertz CT molecular complexity index is 1350. The van der Waals surface area contributed by atoms with Crippen LogP contribution in [0.4, 0.5) is 0 Å². The summed E-state index contributed by atoms with van der Waals surface area (Å²) in [5.41, 5.74) is 3.31. The van der Waals surface area contributed by atoms with Crippen LogP contribution < -0.4 is 15.0 Å². The first-order chi connectivity index (χ1) is 17.2. The second kappa shape index (κ2) is 10.6. The van der Waals surface area contributed by atoms with Crippen molar-refractivity contribution in [3.63, 3.8) is 0 Å². The van der Waals surface area contributed by atoms with Crippen molar-refractivity contribution >= 4 is 38.6 Å². The third kappa shape index (κ3) is 5.29. The summed E-state index contributed by atoms with van der Waals surface area (Å²) >= 11 is 1.49. The normalized spacial score (nSPS) is 18.1. The van der Waals surface area contributed by atoms with Crippen LogP contribution >= 0.6 is 11.8 Å². The van der Waals surface area contributed by atoms with Gasteiger partial charge in [-0.25, -0.2) is 18.9 Å². The van der Waals surface area contributed by atoms with Gasteiger partial charge in [-0.1, -0.05) is 18.2 Å². The number of thioether (sulfide) groups is 1. The molecule has 0 unspecified atom stereocenters. The van der Waals surface area contributed by atoms with E-state index in [1.165, 1.54) is 23.9 Å². The van der Waals surface area contributed by atoms with Gasteiger partial charge in [0.2, 0.25) is 15.9 Å². The van der Waals surface area contributed by atoms with Crippen LogP contribution in [0.3, 0.4) is 0 Å². The molecule has 1 aliphatic rings. The number of hydrogen-bond donors (Lipinski definition) is 2. The molecule has 1 atom stereocenters. The van der Waals surface area contributed by atoms with Crippen LogP contribution in [-0.2, 0) is 21.4 Å². The van der Waals surface area contributed by atoms with E-state index in [4.69, 9.17) is 9.47 Å². The number of benzene rings is 2. The molecule has 1 saturated heterocycles. The lowest BCUT2D eigenvalue weighted by Gasteiger charge is -2.43. The highest BCUT2D eigenvalue weighted by atomic mass is 32.2. The van der Waals surface area contributed by atoms with Crippen molar-refractivity contribution in [1.82, 2.24) is 14.8 Å². The van der Waals surface area contributed by atoms with Crippen LogP contribution in [0.2, 0.25) is 0 Å². The van der Waals surface area contributed by atoms with E-state index in [-0.39, 0.29) is 18.0 Å². The average Bonchev–Trinajstić information content (AvgIpc) is 2.86. The van der Waals surface area contributed by atoms with Gasteiger partial charge in [-0.15, -0.1) is 0 Å². The fourth-order valence-corrected chi connectivity index (χ4v) is 7.39. The molecule has 4 rings (SSSR count). The van der Waals surface area contributed by atoms with Crippen molar-refractivity contribution < 1.29 is 27.9 Å².